The normalized spacial score (nSPS) is 9.93. The van der Waals surface area contributed by atoms with Crippen molar-refractivity contribution in [3.63, 3.8) is 0 Å². The second-order valence-corrected chi connectivity index (χ2v) is 2.96. The Bertz CT molecular complexity index is 368. The summed E-state index contributed by atoms with van der Waals surface area (Å²) in [5.41, 5.74) is 1.44. The number of hydrogen-bond acceptors (Lipinski definition) is 1. The maximum Gasteiger partial charge on any atom is 0.673 e. The first-order valence-corrected chi connectivity index (χ1v) is 4.10. The summed E-state index contributed by atoms with van der Waals surface area (Å²) in [7, 11) is -6.00. The van der Waals surface area contributed by atoms with E-state index in [9.17, 15) is 17.3 Å². The number of aryl methyl sites for hydroxylation is 1. The highest BCUT2D eigenvalue weighted by molar-refractivity contribution is 6.50. The van der Waals surface area contributed by atoms with Crippen LogP contribution in [0.5, 0.6) is 0 Å². The van der Waals surface area contributed by atoms with Gasteiger partial charge in [0.1, 0.15) is 5.02 Å². The molecule has 0 spiro atoms. The van der Waals surface area contributed by atoms with Gasteiger partial charge in [0.05, 0.1) is 0 Å². The predicted molar refractivity (Wildman–Crippen MR) is 51.1 cm³/mol. The molecule has 0 saturated heterocycles. The Hall–Kier alpha value is -1.29. The van der Waals surface area contributed by atoms with Crippen LogP contribution in [-0.2, 0) is 0 Å². The molecule has 1 aromatic carbocycles. The van der Waals surface area contributed by atoms with Gasteiger partial charge < -0.3 is 17.3 Å². The second-order valence-electron chi connectivity index (χ2n) is 2.55. The first kappa shape index (κ1) is 13.7. The molecule has 2 nitrogen and oxygen atoms in total. The van der Waals surface area contributed by atoms with E-state index in [4.69, 9.17) is 17.0 Å². The number of nitrogens with zero attached hydrogens (tertiary/aromatic N) is 2. The molecule has 0 radical (unpaired) electrons. The molecular formula is C7H6BClF4N2. The fraction of sp³-hybridized carbons (Fsp3) is 0.143. The molecule has 0 bridgehead atoms. The fourth-order valence-corrected chi connectivity index (χ4v) is 0.855. The van der Waals surface area contributed by atoms with Gasteiger partial charge in [-0.3, -0.25) is 0 Å². The number of hydrogen-bond donors (Lipinski definition) is 0. The third-order valence-corrected chi connectivity index (χ3v) is 1.53. The first-order chi connectivity index (χ1) is 6.74. The SMILES string of the molecule is Cc1ccc(Cl)c([N+]#N)c1.F[B-](F)(F)F. The van der Waals surface area contributed by atoms with Gasteiger partial charge in [0.2, 0.25) is 5.39 Å². The van der Waals surface area contributed by atoms with Gasteiger partial charge in [0.25, 0.3) is 0 Å². The zero-order valence-electron chi connectivity index (χ0n) is 7.59. The van der Waals surface area contributed by atoms with E-state index in [0.717, 1.165) is 5.56 Å². The average Bonchev–Trinajstić information content (AvgIpc) is 2.06. The van der Waals surface area contributed by atoms with Crippen LogP contribution in [0.3, 0.4) is 0 Å². The highest BCUT2D eigenvalue weighted by Crippen LogP contribution is 2.24. The molecule has 82 valence electrons. The lowest BCUT2D eigenvalue weighted by atomic mass is 10.2. The molecule has 1 aromatic rings. The molecule has 15 heavy (non-hydrogen) atoms. The van der Waals surface area contributed by atoms with E-state index in [1.54, 1.807) is 12.1 Å². The quantitative estimate of drug-likeness (QED) is 0.374. The van der Waals surface area contributed by atoms with Crippen LogP contribution in [0.15, 0.2) is 18.2 Å². The summed E-state index contributed by atoms with van der Waals surface area (Å²) in [6.07, 6.45) is 0. The van der Waals surface area contributed by atoms with Gasteiger partial charge in [0, 0.05) is 6.07 Å². The molecule has 0 amide bonds. The predicted octanol–water partition coefficient (Wildman–Crippen LogP) is 4.43. The van der Waals surface area contributed by atoms with Crippen molar-refractivity contribution < 1.29 is 17.3 Å². The molecule has 0 unspecified atom stereocenters. The Morgan fingerprint density at radius 2 is 1.73 bits per heavy atom. The van der Waals surface area contributed by atoms with Crippen molar-refractivity contribution in [2.45, 2.75) is 6.92 Å². The van der Waals surface area contributed by atoms with Gasteiger partial charge in [0.15, 0.2) is 4.98 Å². The van der Waals surface area contributed by atoms with Crippen molar-refractivity contribution in [2.75, 3.05) is 0 Å². The summed E-state index contributed by atoms with van der Waals surface area (Å²) in [5, 5.41) is 8.85. The van der Waals surface area contributed by atoms with Gasteiger partial charge in [-0.2, -0.15) is 0 Å². The monoisotopic (exact) mass is 240 g/mol. The van der Waals surface area contributed by atoms with E-state index in [0.29, 0.717) is 10.7 Å². The van der Waals surface area contributed by atoms with Crippen LogP contribution >= 0.6 is 11.6 Å². The second kappa shape index (κ2) is 5.56. The lowest BCUT2D eigenvalue weighted by Crippen LogP contribution is -2.02. The zero-order valence-corrected chi connectivity index (χ0v) is 8.35. The molecule has 0 saturated carbocycles. The Balaban J connectivity index is 0.000000336. The van der Waals surface area contributed by atoms with Gasteiger partial charge in [-0.25, -0.2) is 0 Å². The minimum absolute atomic E-state index is 0.418. The molecule has 0 atom stereocenters. The number of benzene rings is 1. The molecule has 1 rings (SSSR count). The van der Waals surface area contributed by atoms with Crippen molar-refractivity contribution in [3.8, 4) is 0 Å². The summed E-state index contributed by atoms with van der Waals surface area (Å²) in [5.74, 6) is 0. The van der Waals surface area contributed by atoms with Gasteiger partial charge in [-0.1, -0.05) is 17.7 Å². The largest absolute Gasteiger partial charge is 0.673 e. The lowest BCUT2D eigenvalue weighted by Gasteiger charge is -1.94. The van der Waals surface area contributed by atoms with Crippen molar-refractivity contribution in [1.29, 1.82) is 5.39 Å². The lowest BCUT2D eigenvalue weighted by molar-refractivity contribution is 0.368. The molecule has 0 fully saturated rings. The maximum absolute atomic E-state index is 9.75. The topological polar surface area (TPSA) is 28.1 Å². The summed E-state index contributed by atoms with van der Waals surface area (Å²) >= 11 is 5.64. The Kier molecular flexibility index (Phi) is 5.08. The smallest absolute Gasteiger partial charge is 0.418 e. The van der Waals surface area contributed by atoms with Crippen LogP contribution in [0.4, 0.5) is 23.0 Å². The minimum Gasteiger partial charge on any atom is -0.418 e. The third-order valence-electron chi connectivity index (χ3n) is 1.21. The van der Waals surface area contributed by atoms with Crippen molar-refractivity contribution in [2.24, 2.45) is 0 Å². The molecule has 0 heterocycles. The van der Waals surface area contributed by atoms with E-state index in [1.165, 1.54) is 0 Å². The van der Waals surface area contributed by atoms with Crippen molar-refractivity contribution in [1.82, 2.24) is 0 Å². The van der Waals surface area contributed by atoms with E-state index in [1.807, 2.05) is 13.0 Å². The average molecular weight is 240 g/mol. The van der Waals surface area contributed by atoms with Crippen LogP contribution in [0.25, 0.3) is 4.98 Å². The molecule has 0 aliphatic heterocycles. The Morgan fingerprint density at radius 1 is 1.27 bits per heavy atom. The van der Waals surface area contributed by atoms with E-state index >= 15 is 0 Å². The Labute approximate surface area is 88.6 Å². The van der Waals surface area contributed by atoms with Gasteiger partial charge in [-0.15, -0.1) is 0 Å². The zero-order chi connectivity index (χ0) is 12.1. The number of rotatable bonds is 0. The molecule has 0 aliphatic rings. The van der Waals surface area contributed by atoms with Crippen molar-refractivity contribution in [3.05, 3.63) is 33.8 Å². The van der Waals surface area contributed by atoms with E-state index in [-0.39, 0.29) is 0 Å². The first-order valence-electron chi connectivity index (χ1n) is 3.72. The molecule has 8 heteroatoms. The van der Waals surface area contributed by atoms with Gasteiger partial charge >= 0.3 is 12.9 Å². The number of halogens is 5. The van der Waals surface area contributed by atoms with Crippen LogP contribution in [0.1, 0.15) is 5.56 Å². The van der Waals surface area contributed by atoms with Crippen LogP contribution in [0.2, 0.25) is 5.02 Å². The van der Waals surface area contributed by atoms with Crippen LogP contribution < -0.4 is 0 Å². The minimum atomic E-state index is -6.00. The Morgan fingerprint density at radius 3 is 2.07 bits per heavy atom. The highest BCUT2D eigenvalue weighted by Gasteiger charge is 2.20. The summed E-state index contributed by atoms with van der Waals surface area (Å²) in [4.78, 5) is 3.00. The summed E-state index contributed by atoms with van der Waals surface area (Å²) < 4.78 is 39.0. The van der Waals surface area contributed by atoms with Crippen LogP contribution in [-0.4, -0.2) is 7.25 Å². The highest BCUT2D eigenvalue weighted by atomic mass is 35.5. The van der Waals surface area contributed by atoms with Crippen LogP contribution in [0, 0.1) is 12.3 Å². The molecule has 0 N–H and O–H groups in total. The van der Waals surface area contributed by atoms with Gasteiger partial charge in [-0.05, 0) is 18.6 Å². The maximum atomic E-state index is 9.75. The van der Waals surface area contributed by atoms with Crippen molar-refractivity contribution >= 4 is 24.5 Å². The summed E-state index contributed by atoms with van der Waals surface area (Å²) in [6, 6.07) is 5.27. The van der Waals surface area contributed by atoms with E-state index < -0.39 is 7.25 Å². The molecule has 0 aromatic heterocycles. The molecule has 0 aliphatic carbocycles. The molecular weight excluding hydrogens is 234 g/mol. The standard InChI is InChI=1S/C7H6ClN2.BF4/c1-5-2-3-6(8)7(4-5)10-9;2-1(3,4)5/h2-4H,1H3;/q+1;-1. The fourth-order valence-electron chi connectivity index (χ4n) is 0.699. The number of diazo groups is 1. The third kappa shape index (κ3) is 7.76. The summed E-state index contributed by atoms with van der Waals surface area (Å²) in [6.45, 7) is 1.91. The van der Waals surface area contributed by atoms with E-state index in [2.05, 4.69) is 4.98 Å².